The van der Waals surface area contributed by atoms with Crippen molar-refractivity contribution in [2.45, 2.75) is 20.8 Å². The number of allylic oxidation sites excluding steroid dienone is 1. The van der Waals surface area contributed by atoms with Crippen LogP contribution in [0.25, 0.3) is 0 Å². The molecular weight excluding hydrogens is 244 g/mol. The molecule has 0 heterocycles. The van der Waals surface area contributed by atoms with Gasteiger partial charge in [-0.15, -0.1) is 0 Å². The summed E-state index contributed by atoms with van der Waals surface area (Å²) in [5.74, 6) is -1.01. The zero-order valence-corrected chi connectivity index (χ0v) is 11.3. The summed E-state index contributed by atoms with van der Waals surface area (Å²) in [5.41, 5.74) is 2.41. The van der Waals surface area contributed by atoms with Gasteiger partial charge < -0.3 is 15.7 Å². The molecule has 1 rings (SSSR count). The third-order valence-corrected chi connectivity index (χ3v) is 2.50. The Morgan fingerprint density at radius 1 is 1.32 bits per heavy atom. The van der Waals surface area contributed by atoms with Crippen molar-refractivity contribution in [3.05, 3.63) is 41.0 Å². The maximum absolute atomic E-state index is 11.6. The fourth-order valence-electron chi connectivity index (χ4n) is 1.45. The van der Waals surface area contributed by atoms with Crippen LogP contribution in [0.2, 0.25) is 0 Å². The zero-order chi connectivity index (χ0) is 14.4. The lowest BCUT2D eigenvalue weighted by molar-refractivity contribution is 0.0696. The zero-order valence-electron chi connectivity index (χ0n) is 11.3. The fraction of sp³-hybridized carbons (Fsp3) is 0.286. The number of nitrogens with one attached hydrogen (secondary N) is 2. The lowest BCUT2D eigenvalue weighted by atomic mass is 10.1. The van der Waals surface area contributed by atoms with Gasteiger partial charge in [0.1, 0.15) is 0 Å². The second-order valence-corrected chi connectivity index (χ2v) is 4.45. The minimum absolute atomic E-state index is 0.182. The van der Waals surface area contributed by atoms with E-state index < -0.39 is 5.97 Å². The molecule has 0 unspecified atom stereocenters. The molecule has 5 nitrogen and oxygen atoms in total. The van der Waals surface area contributed by atoms with E-state index in [0.717, 1.165) is 5.57 Å². The molecule has 5 heteroatoms. The van der Waals surface area contributed by atoms with Crippen LogP contribution in [-0.4, -0.2) is 23.7 Å². The van der Waals surface area contributed by atoms with Crippen molar-refractivity contribution in [2.75, 3.05) is 11.9 Å². The third-order valence-electron chi connectivity index (χ3n) is 2.50. The lowest BCUT2D eigenvalue weighted by Crippen LogP contribution is -2.28. The maximum Gasteiger partial charge on any atom is 0.336 e. The first-order chi connectivity index (χ1) is 8.90. The molecule has 0 aliphatic rings. The Kier molecular flexibility index (Phi) is 5.11. The van der Waals surface area contributed by atoms with Gasteiger partial charge in [0, 0.05) is 12.2 Å². The first kappa shape index (κ1) is 14.8. The Morgan fingerprint density at radius 3 is 2.58 bits per heavy atom. The van der Waals surface area contributed by atoms with E-state index in [1.54, 1.807) is 19.1 Å². The quantitative estimate of drug-likeness (QED) is 0.730. The molecule has 0 atom stereocenters. The second-order valence-electron chi connectivity index (χ2n) is 4.45. The number of amides is 2. The van der Waals surface area contributed by atoms with Crippen LogP contribution >= 0.6 is 0 Å². The normalized spacial score (nSPS) is 9.63. The van der Waals surface area contributed by atoms with Gasteiger partial charge in [-0.2, -0.15) is 0 Å². The number of anilines is 1. The monoisotopic (exact) mass is 262 g/mol. The standard InChI is InChI=1S/C14H18N2O3/c1-9(2)6-7-15-14(19)16-11-5-4-10(3)12(8-11)13(17)18/h4-6,8H,7H2,1-3H3,(H,17,18)(H2,15,16,19). The number of urea groups is 1. The Balaban J connectivity index is 2.67. The highest BCUT2D eigenvalue weighted by atomic mass is 16.4. The molecule has 19 heavy (non-hydrogen) atoms. The predicted molar refractivity (Wildman–Crippen MR) is 74.6 cm³/mol. The molecule has 1 aromatic carbocycles. The van der Waals surface area contributed by atoms with Gasteiger partial charge >= 0.3 is 12.0 Å². The van der Waals surface area contributed by atoms with E-state index in [1.807, 2.05) is 19.9 Å². The summed E-state index contributed by atoms with van der Waals surface area (Å²) in [4.78, 5) is 22.5. The van der Waals surface area contributed by atoms with Crippen molar-refractivity contribution >= 4 is 17.7 Å². The van der Waals surface area contributed by atoms with Gasteiger partial charge in [-0.25, -0.2) is 9.59 Å². The molecule has 0 aliphatic heterocycles. The molecule has 0 fully saturated rings. The summed E-state index contributed by atoms with van der Waals surface area (Å²) in [7, 11) is 0. The molecule has 0 saturated heterocycles. The van der Waals surface area contributed by atoms with Gasteiger partial charge in [0.05, 0.1) is 5.56 Å². The van der Waals surface area contributed by atoms with Crippen molar-refractivity contribution in [3.63, 3.8) is 0 Å². The smallest absolute Gasteiger partial charge is 0.336 e. The van der Waals surface area contributed by atoms with E-state index in [4.69, 9.17) is 5.11 Å². The highest BCUT2D eigenvalue weighted by Crippen LogP contribution is 2.15. The number of carboxylic acids is 1. The molecule has 102 valence electrons. The van der Waals surface area contributed by atoms with Crippen molar-refractivity contribution in [2.24, 2.45) is 0 Å². The van der Waals surface area contributed by atoms with Crippen LogP contribution in [0.5, 0.6) is 0 Å². The Bertz CT molecular complexity index is 517. The van der Waals surface area contributed by atoms with Crippen molar-refractivity contribution < 1.29 is 14.7 Å². The molecule has 0 saturated carbocycles. The summed E-state index contributed by atoms with van der Waals surface area (Å²) < 4.78 is 0. The van der Waals surface area contributed by atoms with Crippen LogP contribution < -0.4 is 10.6 Å². The van der Waals surface area contributed by atoms with Gasteiger partial charge in [0.25, 0.3) is 0 Å². The van der Waals surface area contributed by atoms with Crippen LogP contribution in [0.1, 0.15) is 29.8 Å². The fourth-order valence-corrected chi connectivity index (χ4v) is 1.45. The van der Waals surface area contributed by atoms with E-state index in [0.29, 0.717) is 17.8 Å². The summed E-state index contributed by atoms with van der Waals surface area (Å²) in [6, 6.07) is 4.41. The first-order valence-electron chi connectivity index (χ1n) is 5.92. The third kappa shape index (κ3) is 4.83. The number of hydrogen-bond donors (Lipinski definition) is 3. The average Bonchev–Trinajstić information content (AvgIpc) is 2.30. The van der Waals surface area contributed by atoms with E-state index in [-0.39, 0.29) is 11.6 Å². The molecular formula is C14H18N2O3. The number of carbonyl (C=O) groups excluding carboxylic acids is 1. The molecule has 0 radical (unpaired) electrons. The molecule has 0 spiro atoms. The maximum atomic E-state index is 11.6. The lowest BCUT2D eigenvalue weighted by Gasteiger charge is -2.08. The van der Waals surface area contributed by atoms with Crippen LogP contribution in [0, 0.1) is 6.92 Å². The summed E-state index contributed by atoms with van der Waals surface area (Å²) in [6.45, 7) is 6.03. The highest BCUT2D eigenvalue weighted by molar-refractivity contribution is 5.94. The summed E-state index contributed by atoms with van der Waals surface area (Å²) in [5, 5.41) is 14.2. The molecule has 3 N–H and O–H groups in total. The number of benzene rings is 1. The number of aromatic carboxylic acids is 1. The number of rotatable bonds is 4. The minimum atomic E-state index is -1.01. The number of aryl methyl sites for hydroxylation is 1. The number of carbonyl (C=O) groups is 2. The van der Waals surface area contributed by atoms with E-state index >= 15 is 0 Å². The van der Waals surface area contributed by atoms with E-state index in [2.05, 4.69) is 10.6 Å². The number of carboxylic acid groups (broad SMARTS) is 1. The largest absolute Gasteiger partial charge is 0.478 e. The van der Waals surface area contributed by atoms with Crippen molar-refractivity contribution in [3.8, 4) is 0 Å². The summed E-state index contributed by atoms with van der Waals surface area (Å²) >= 11 is 0. The van der Waals surface area contributed by atoms with Gasteiger partial charge in [-0.3, -0.25) is 0 Å². The van der Waals surface area contributed by atoms with Crippen LogP contribution in [0.3, 0.4) is 0 Å². The molecule has 0 bridgehead atoms. The highest BCUT2D eigenvalue weighted by Gasteiger charge is 2.09. The topological polar surface area (TPSA) is 78.4 Å². The number of hydrogen-bond acceptors (Lipinski definition) is 2. The van der Waals surface area contributed by atoms with Crippen LogP contribution in [0.4, 0.5) is 10.5 Å². The van der Waals surface area contributed by atoms with E-state index in [1.165, 1.54) is 6.07 Å². The van der Waals surface area contributed by atoms with Crippen molar-refractivity contribution in [1.82, 2.24) is 5.32 Å². The van der Waals surface area contributed by atoms with Gasteiger partial charge in [0.2, 0.25) is 0 Å². The summed E-state index contributed by atoms with van der Waals surface area (Å²) in [6.07, 6.45) is 1.89. The minimum Gasteiger partial charge on any atom is -0.478 e. The van der Waals surface area contributed by atoms with Crippen LogP contribution in [0.15, 0.2) is 29.8 Å². The van der Waals surface area contributed by atoms with Crippen LogP contribution in [-0.2, 0) is 0 Å². The Labute approximate surface area is 112 Å². The molecule has 0 aromatic heterocycles. The van der Waals surface area contributed by atoms with Gasteiger partial charge in [-0.1, -0.05) is 17.7 Å². The van der Waals surface area contributed by atoms with Gasteiger partial charge in [0.15, 0.2) is 0 Å². The average molecular weight is 262 g/mol. The second kappa shape index (κ2) is 6.58. The van der Waals surface area contributed by atoms with Gasteiger partial charge in [-0.05, 0) is 38.5 Å². The SMILES string of the molecule is CC(C)=CCNC(=O)Nc1ccc(C)c(C(=O)O)c1. The molecule has 0 aliphatic carbocycles. The predicted octanol–water partition coefficient (Wildman–Crippen LogP) is 2.78. The molecule has 2 amide bonds. The van der Waals surface area contributed by atoms with E-state index in [9.17, 15) is 9.59 Å². The first-order valence-corrected chi connectivity index (χ1v) is 5.92. The Hall–Kier alpha value is -2.30. The van der Waals surface area contributed by atoms with Crippen molar-refractivity contribution in [1.29, 1.82) is 0 Å². The molecule has 1 aromatic rings. The Morgan fingerprint density at radius 2 is 2.00 bits per heavy atom.